The molecule has 0 spiro atoms. The Labute approximate surface area is 139 Å². The maximum Gasteiger partial charge on any atom is 0.336 e. The van der Waals surface area contributed by atoms with Crippen molar-refractivity contribution in [3.63, 3.8) is 0 Å². The number of aromatic nitrogens is 4. The second-order valence-electron chi connectivity index (χ2n) is 5.32. The minimum Gasteiger partial charge on any atom is -0.506 e. The highest BCUT2D eigenvalue weighted by atomic mass is 35.5. The summed E-state index contributed by atoms with van der Waals surface area (Å²) in [6.07, 6.45) is 2.18. The Morgan fingerprint density at radius 3 is 3.00 bits per heavy atom. The predicted octanol–water partition coefficient (Wildman–Crippen LogP) is 2.77. The molecule has 0 radical (unpaired) electrons. The number of rotatable bonds is 4. The molecular formula is C14H11ClN4O3S. The first-order chi connectivity index (χ1) is 11.1. The Hall–Kier alpha value is -2.06. The van der Waals surface area contributed by atoms with E-state index in [0.29, 0.717) is 22.8 Å². The lowest BCUT2D eigenvalue weighted by Crippen LogP contribution is -2.01. The smallest absolute Gasteiger partial charge is 0.336 e. The molecule has 0 bridgehead atoms. The molecule has 2 aromatic heterocycles. The zero-order chi connectivity index (χ0) is 16.0. The van der Waals surface area contributed by atoms with Crippen molar-refractivity contribution in [2.24, 2.45) is 0 Å². The van der Waals surface area contributed by atoms with E-state index in [1.54, 1.807) is 6.07 Å². The Morgan fingerprint density at radius 2 is 2.22 bits per heavy atom. The van der Waals surface area contributed by atoms with Crippen molar-refractivity contribution >= 4 is 34.3 Å². The van der Waals surface area contributed by atoms with Crippen LogP contribution in [0.5, 0.6) is 5.75 Å². The number of nitrogens with zero attached hydrogens (tertiary/aromatic N) is 4. The fourth-order valence-corrected chi connectivity index (χ4v) is 3.43. The van der Waals surface area contributed by atoms with Gasteiger partial charge in [-0.15, -0.1) is 5.10 Å². The lowest BCUT2D eigenvalue weighted by Gasteiger charge is -2.07. The number of aromatic hydroxyl groups is 1. The highest BCUT2D eigenvalue weighted by Crippen LogP contribution is 2.37. The summed E-state index contributed by atoms with van der Waals surface area (Å²) < 4.78 is 6.93. The molecule has 1 aliphatic carbocycles. The molecule has 0 aliphatic heterocycles. The largest absolute Gasteiger partial charge is 0.506 e. The van der Waals surface area contributed by atoms with Crippen molar-refractivity contribution < 1.29 is 9.52 Å². The summed E-state index contributed by atoms with van der Waals surface area (Å²) >= 11 is 7.41. The minimum absolute atomic E-state index is 0.121. The van der Waals surface area contributed by atoms with Crippen molar-refractivity contribution in [2.75, 3.05) is 0 Å². The van der Waals surface area contributed by atoms with Gasteiger partial charge in [-0.2, -0.15) is 0 Å². The van der Waals surface area contributed by atoms with E-state index in [2.05, 4.69) is 15.5 Å². The molecule has 1 N–H and O–H groups in total. The highest BCUT2D eigenvalue weighted by molar-refractivity contribution is 7.98. The molecule has 0 amide bonds. The van der Waals surface area contributed by atoms with Crippen LogP contribution in [-0.4, -0.2) is 25.3 Å². The van der Waals surface area contributed by atoms with E-state index in [9.17, 15) is 9.90 Å². The number of hydrogen-bond donors (Lipinski definition) is 1. The molecule has 118 valence electrons. The lowest BCUT2D eigenvalue weighted by molar-refractivity contribution is 0.473. The molecule has 3 aromatic rings. The quantitative estimate of drug-likeness (QED) is 0.571. The van der Waals surface area contributed by atoms with E-state index >= 15 is 0 Å². The van der Waals surface area contributed by atoms with Crippen molar-refractivity contribution in [3.05, 3.63) is 39.2 Å². The van der Waals surface area contributed by atoms with E-state index in [-0.39, 0.29) is 10.8 Å². The van der Waals surface area contributed by atoms with Gasteiger partial charge in [0.05, 0.1) is 11.1 Å². The number of phenols is 1. The molecule has 1 saturated carbocycles. The van der Waals surface area contributed by atoms with Crippen LogP contribution in [0.25, 0.3) is 11.0 Å². The molecule has 1 fully saturated rings. The van der Waals surface area contributed by atoms with E-state index in [0.717, 1.165) is 23.6 Å². The van der Waals surface area contributed by atoms with E-state index in [1.807, 2.05) is 4.68 Å². The zero-order valence-corrected chi connectivity index (χ0v) is 13.3. The van der Waals surface area contributed by atoms with Gasteiger partial charge in [0.2, 0.25) is 5.16 Å². The summed E-state index contributed by atoms with van der Waals surface area (Å²) in [6, 6.07) is 4.75. The van der Waals surface area contributed by atoms with Crippen LogP contribution in [0.1, 0.15) is 24.4 Å². The van der Waals surface area contributed by atoms with Gasteiger partial charge in [0.15, 0.2) is 0 Å². The molecule has 2 heterocycles. The van der Waals surface area contributed by atoms with Gasteiger partial charge in [-0.1, -0.05) is 23.4 Å². The first-order valence-corrected chi connectivity index (χ1v) is 8.34. The van der Waals surface area contributed by atoms with Crippen LogP contribution in [0.4, 0.5) is 0 Å². The van der Waals surface area contributed by atoms with Crippen LogP contribution >= 0.6 is 23.4 Å². The van der Waals surface area contributed by atoms with Crippen LogP contribution in [-0.2, 0) is 5.75 Å². The lowest BCUT2D eigenvalue weighted by atomic mass is 10.1. The van der Waals surface area contributed by atoms with Crippen molar-refractivity contribution in [2.45, 2.75) is 29.8 Å². The first kappa shape index (κ1) is 14.5. The molecule has 4 rings (SSSR count). The molecule has 1 aromatic carbocycles. The molecule has 7 nitrogen and oxygen atoms in total. The molecular weight excluding hydrogens is 340 g/mol. The summed E-state index contributed by atoms with van der Waals surface area (Å²) in [5, 5.41) is 23.0. The maximum absolute atomic E-state index is 11.7. The fraction of sp³-hybridized carbons (Fsp3) is 0.286. The Bertz CT molecular complexity index is 951. The van der Waals surface area contributed by atoms with Crippen LogP contribution in [0.2, 0.25) is 5.02 Å². The second kappa shape index (κ2) is 5.54. The molecule has 1 aliphatic rings. The summed E-state index contributed by atoms with van der Waals surface area (Å²) in [6.45, 7) is 0. The van der Waals surface area contributed by atoms with Crippen molar-refractivity contribution in [3.8, 4) is 5.75 Å². The van der Waals surface area contributed by atoms with Gasteiger partial charge >= 0.3 is 5.63 Å². The molecule has 9 heteroatoms. The second-order valence-corrected chi connectivity index (χ2v) is 6.67. The Balaban J connectivity index is 1.69. The third kappa shape index (κ3) is 2.79. The van der Waals surface area contributed by atoms with E-state index in [1.165, 1.54) is 23.9 Å². The first-order valence-electron chi connectivity index (χ1n) is 6.98. The zero-order valence-electron chi connectivity index (χ0n) is 11.8. The van der Waals surface area contributed by atoms with Gasteiger partial charge in [-0.25, -0.2) is 9.48 Å². The van der Waals surface area contributed by atoms with Crippen LogP contribution < -0.4 is 5.63 Å². The fourth-order valence-electron chi connectivity index (χ4n) is 2.33. The molecule has 0 unspecified atom stereocenters. The summed E-state index contributed by atoms with van der Waals surface area (Å²) in [5.74, 6) is 0.376. The van der Waals surface area contributed by atoms with E-state index < -0.39 is 5.63 Å². The van der Waals surface area contributed by atoms with Gasteiger partial charge in [0.1, 0.15) is 11.3 Å². The number of hydrogen-bond acceptors (Lipinski definition) is 7. The molecule has 0 atom stereocenters. The van der Waals surface area contributed by atoms with E-state index in [4.69, 9.17) is 16.0 Å². The van der Waals surface area contributed by atoms with Gasteiger partial charge in [-0.05, 0) is 34.9 Å². The number of thioether (sulfide) groups is 1. The normalized spacial score (nSPS) is 14.5. The standard InChI is InChI=1S/C14H11ClN4O3S/c15-10-4-9-7(3-13(21)22-12(9)5-11(10)20)6-23-14-16-17-18-19(14)8-1-2-8/h3-5,8,20H,1-2,6H2. The number of tetrazole rings is 1. The third-order valence-corrected chi connectivity index (χ3v) is 4.89. The van der Waals surface area contributed by atoms with Crippen LogP contribution in [0.3, 0.4) is 0 Å². The average Bonchev–Trinajstić information content (AvgIpc) is 3.25. The maximum atomic E-state index is 11.7. The summed E-state index contributed by atoms with van der Waals surface area (Å²) in [5.41, 5.74) is 0.585. The SMILES string of the molecule is O=c1cc(CSc2nnnn2C2CC2)c2cc(Cl)c(O)cc2o1. The monoisotopic (exact) mass is 350 g/mol. The van der Waals surface area contributed by atoms with Crippen molar-refractivity contribution in [1.82, 2.24) is 20.2 Å². The summed E-state index contributed by atoms with van der Waals surface area (Å²) in [4.78, 5) is 11.7. The predicted molar refractivity (Wildman–Crippen MR) is 84.8 cm³/mol. The Morgan fingerprint density at radius 1 is 1.39 bits per heavy atom. The van der Waals surface area contributed by atoms with Gasteiger partial charge in [-0.3, -0.25) is 0 Å². The van der Waals surface area contributed by atoms with Crippen LogP contribution in [0, 0.1) is 0 Å². The topological polar surface area (TPSA) is 94.0 Å². The number of halogens is 1. The highest BCUT2D eigenvalue weighted by Gasteiger charge is 2.28. The molecule has 23 heavy (non-hydrogen) atoms. The van der Waals surface area contributed by atoms with Gasteiger partial charge in [0.25, 0.3) is 0 Å². The van der Waals surface area contributed by atoms with Crippen molar-refractivity contribution in [1.29, 1.82) is 0 Å². The Kier molecular flexibility index (Phi) is 3.50. The minimum atomic E-state index is -0.475. The number of fused-ring (bicyclic) bond motifs is 1. The third-order valence-electron chi connectivity index (χ3n) is 3.61. The average molecular weight is 351 g/mol. The number of phenolic OH excluding ortho intramolecular Hbond substituents is 1. The molecule has 0 saturated heterocycles. The van der Waals surface area contributed by atoms with Gasteiger partial charge < -0.3 is 9.52 Å². The summed E-state index contributed by atoms with van der Waals surface area (Å²) in [7, 11) is 0. The number of benzene rings is 1. The van der Waals surface area contributed by atoms with Gasteiger partial charge in [0, 0.05) is 23.3 Å². The van der Waals surface area contributed by atoms with Crippen LogP contribution in [0.15, 0.2) is 32.6 Å².